The van der Waals surface area contributed by atoms with Crippen LogP contribution in [0.15, 0.2) is 0 Å². The average molecular weight is 366 g/mol. The Bertz CT molecular complexity index is 499. The molecule has 128 valence electrons. The molecule has 0 aromatic rings. The molecule has 0 aliphatic carbocycles. The first-order valence-electron chi connectivity index (χ1n) is 5.34. The van der Waals surface area contributed by atoms with E-state index in [1.54, 1.807) is 0 Å². The molecule has 0 amide bonds. The summed E-state index contributed by atoms with van der Waals surface area (Å²) in [5, 5.41) is 8.76. The molecule has 1 atom stereocenters. The van der Waals surface area contributed by atoms with Crippen LogP contribution < -0.4 is 0 Å². The van der Waals surface area contributed by atoms with Crippen molar-refractivity contribution < 1.29 is 48.3 Å². The summed E-state index contributed by atoms with van der Waals surface area (Å²) in [7, 11) is -13.2. The molecule has 0 spiro atoms. The fraction of sp³-hybridized carbons (Fsp3) is 1.00. The van der Waals surface area contributed by atoms with Crippen molar-refractivity contribution in [3.8, 4) is 0 Å². The van der Waals surface area contributed by atoms with E-state index in [4.69, 9.17) is 5.11 Å². The van der Waals surface area contributed by atoms with Gasteiger partial charge in [-0.25, -0.2) is 16.8 Å². The van der Waals surface area contributed by atoms with Gasteiger partial charge >= 0.3 is 11.0 Å². The van der Waals surface area contributed by atoms with Crippen LogP contribution in [0.4, 0.5) is 26.3 Å². The van der Waals surface area contributed by atoms with Crippen molar-refractivity contribution in [2.75, 3.05) is 6.61 Å². The van der Waals surface area contributed by atoms with Crippen molar-refractivity contribution in [2.45, 2.75) is 35.4 Å². The lowest BCUT2D eigenvalue weighted by atomic mass is 10.1. The summed E-state index contributed by atoms with van der Waals surface area (Å²) in [6.45, 7) is 0.298. The van der Waals surface area contributed by atoms with Gasteiger partial charge in [0.25, 0.3) is 19.7 Å². The Balaban J connectivity index is 6.09. The lowest BCUT2D eigenvalue weighted by Gasteiger charge is -2.23. The summed E-state index contributed by atoms with van der Waals surface area (Å²) in [5.74, 6) is -1.34. The van der Waals surface area contributed by atoms with E-state index in [9.17, 15) is 43.2 Å². The second kappa shape index (κ2) is 6.28. The van der Waals surface area contributed by atoms with Crippen LogP contribution in [0.5, 0.6) is 0 Å². The third-order valence-corrected chi connectivity index (χ3v) is 7.28. The fourth-order valence-corrected chi connectivity index (χ4v) is 5.00. The molecule has 0 aromatic heterocycles. The molecule has 0 aliphatic heterocycles. The Morgan fingerprint density at radius 1 is 0.905 bits per heavy atom. The molecule has 0 bridgehead atoms. The van der Waals surface area contributed by atoms with Gasteiger partial charge in [-0.15, -0.1) is 0 Å². The van der Waals surface area contributed by atoms with E-state index >= 15 is 0 Å². The van der Waals surface area contributed by atoms with Crippen molar-refractivity contribution in [1.29, 1.82) is 0 Å². The van der Waals surface area contributed by atoms with E-state index in [0.29, 0.717) is 0 Å². The molecule has 21 heavy (non-hydrogen) atoms. The summed E-state index contributed by atoms with van der Waals surface area (Å²) in [6, 6.07) is 0. The summed E-state index contributed by atoms with van der Waals surface area (Å²) in [4.78, 5) is 0. The van der Waals surface area contributed by atoms with Gasteiger partial charge in [0.1, 0.15) is 0 Å². The van der Waals surface area contributed by atoms with Crippen LogP contribution in [0.1, 0.15) is 19.8 Å². The first-order valence-corrected chi connectivity index (χ1v) is 8.43. The smallest absolute Gasteiger partial charge is 0.396 e. The maximum atomic E-state index is 12.4. The molecular weight excluding hydrogens is 354 g/mol. The summed E-state index contributed by atoms with van der Waals surface area (Å²) < 4.78 is 115. The number of alkyl halides is 6. The monoisotopic (exact) mass is 366 g/mol. The van der Waals surface area contributed by atoms with Gasteiger partial charge in [-0.3, -0.25) is 0 Å². The number of aliphatic hydroxyl groups excluding tert-OH is 1. The van der Waals surface area contributed by atoms with E-state index in [1.807, 2.05) is 0 Å². The first-order chi connectivity index (χ1) is 9.12. The topological polar surface area (TPSA) is 88.5 Å². The minimum atomic E-state index is -6.61. The van der Waals surface area contributed by atoms with Gasteiger partial charge in [0.15, 0.2) is 4.58 Å². The number of aliphatic hydroxyl groups is 1. The molecule has 0 aliphatic rings. The van der Waals surface area contributed by atoms with Crippen LogP contribution in [0, 0.1) is 5.92 Å². The van der Waals surface area contributed by atoms with Crippen LogP contribution in [0.2, 0.25) is 0 Å². The number of halogens is 6. The van der Waals surface area contributed by atoms with Gasteiger partial charge < -0.3 is 5.11 Å². The van der Waals surface area contributed by atoms with E-state index in [1.165, 1.54) is 6.92 Å². The minimum Gasteiger partial charge on any atom is -0.396 e. The highest BCUT2D eigenvalue weighted by atomic mass is 32.3. The average Bonchev–Trinajstić information content (AvgIpc) is 2.26. The van der Waals surface area contributed by atoms with Gasteiger partial charge in [-0.05, 0) is 12.3 Å². The molecule has 13 heteroatoms. The van der Waals surface area contributed by atoms with Crippen LogP contribution >= 0.6 is 0 Å². The van der Waals surface area contributed by atoms with Gasteiger partial charge in [0.05, 0.1) is 0 Å². The fourth-order valence-electron chi connectivity index (χ4n) is 1.36. The SMILES string of the molecule is CCC(CO)CC(S(=O)(=O)C(F)(F)F)S(=O)(=O)C(F)(F)F. The van der Waals surface area contributed by atoms with Crippen LogP contribution in [0.3, 0.4) is 0 Å². The largest absolute Gasteiger partial charge is 0.498 e. The van der Waals surface area contributed by atoms with E-state index in [-0.39, 0.29) is 6.42 Å². The third kappa shape index (κ3) is 4.22. The lowest BCUT2D eigenvalue weighted by Crippen LogP contribution is -2.46. The van der Waals surface area contributed by atoms with Crippen molar-refractivity contribution in [3.05, 3.63) is 0 Å². The molecular formula is C8H12F6O5S2. The van der Waals surface area contributed by atoms with Crippen LogP contribution in [0.25, 0.3) is 0 Å². The van der Waals surface area contributed by atoms with Gasteiger partial charge in [-0.2, -0.15) is 26.3 Å². The Labute approximate surface area is 116 Å². The van der Waals surface area contributed by atoms with Crippen LogP contribution in [-0.4, -0.2) is 44.1 Å². The maximum absolute atomic E-state index is 12.4. The number of hydrogen-bond acceptors (Lipinski definition) is 5. The zero-order valence-electron chi connectivity index (χ0n) is 10.4. The zero-order chi connectivity index (χ0) is 17.3. The third-order valence-electron chi connectivity index (χ3n) is 2.70. The Morgan fingerprint density at radius 3 is 1.43 bits per heavy atom. The van der Waals surface area contributed by atoms with Crippen molar-refractivity contribution in [1.82, 2.24) is 0 Å². The Morgan fingerprint density at radius 2 is 1.24 bits per heavy atom. The van der Waals surface area contributed by atoms with E-state index in [0.717, 1.165) is 0 Å². The zero-order valence-corrected chi connectivity index (χ0v) is 12.1. The number of hydrogen-bond donors (Lipinski definition) is 1. The van der Waals surface area contributed by atoms with Gasteiger partial charge in [0.2, 0.25) is 0 Å². The summed E-state index contributed by atoms with van der Waals surface area (Å²) in [6.07, 6.45) is -1.70. The molecule has 1 N–H and O–H groups in total. The van der Waals surface area contributed by atoms with Crippen molar-refractivity contribution in [3.63, 3.8) is 0 Å². The van der Waals surface area contributed by atoms with Crippen LogP contribution in [-0.2, 0) is 19.7 Å². The quantitative estimate of drug-likeness (QED) is 0.722. The number of rotatable bonds is 6. The second-order valence-electron chi connectivity index (χ2n) is 4.10. The van der Waals surface area contributed by atoms with Gasteiger partial charge in [-0.1, -0.05) is 13.3 Å². The molecule has 5 nitrogen and oxygen atoms in total. The molecule has 0 aromatic carbocycles. The number of sulfone groups is 2. The van der Waals surface area contributed by atoms with Gasteiger partial charge in [0, 0.05) is 6.61 Å². The molecule has 0 saturated carbocycles. The standard InChI is InChI=1S/C8H12F6O5S2/c1-2-5(4-15)3-6(20(16,17)7(9,10)11)21(18,19)8(12,13)14/h5-6,15H,2-4H2,1H3. The summed E-state index contributed by atoms with van der Waals surface area (Å²) >= 11 is 0. The molecule has 0 fully saturated rings. The Kier molecular flexibility index (Phi) is 6.11. The predicted molar refractivity (Wildman–Crippen MR) is 59.2 cm³/mol. The molecule has 0 saturated heterocycles. The highest BCUT2D eigenvalue weighted by Crippen LogP contribution is 2.39. The minimum absolute atomic E-state index is 0.201. The Hall–Kier alpha value is -0.560. The van der Waals surface area contributed by atoms with Crippen molar-refractivity contribution in [2.24, 2.45) is 5.92 Å². The highest BCUT2D eigenvalue weighted by molar-refractivity contribution is 8.09. The first kappa shape index (κ1) is 20.4. The molecule has 0 rings (SSSR count). The normalized spacial score (nSPS) is 16.2. The molecule has 0 heterocycles. The van der Waals surface area contributed by atoms with E-state index < -0.39 is 54.2 Å². The maximum Gasteiger partial charge on any atom is 0.498 e. The predicted octanol–water partition coefficient (Wildman–Crippen LogP) is 1.59. The highest BCUT2D eigenvalue weighted by Gasteiger charge is 2.62. The second-order valence-corrected chi connectivity index (χ2v) is 8.65. The van der Waals surface area contributed by atoms with E-state index in [2.05, 4.69) is 0 Å². The van der Waals surface area contributed by atoms with Crippen molar-refractivity contribution >= 4 is 19.7 Å². The molecule has 1 unspecified atom stereocenters. The molecule has 0 radical (unpaired) electrons. The lowest BCUT2D eigenvalue weighted by molar-refractivity contribution is -0.0475. The summed E-state index contributed by atoms with van der Waals surface area (Å²) in [5.41, 5.74) is -12.3.